The Labute approximate surface area is 107 Å². The summed E-state index contributed by atoms with van der Waals surface area (Å²) in [4.78, 5) is 24.7. The van der Waals surface area contributed by atoms with E-state index in [2.05, 4.69) is 10.1 Å². The smallest absolute Gasteiger partial charge is 0.413 e. The number of aliphatic hydroxyl groups is 1. The predicted octanol–water partition coefficient (Wildman–Crippen LogP) is 0.496. The molecule has 1 unspecified atom stereocenters. The number of imide groups is 1. The molecule has 0 aromatic heterocycles. The van der Waals surface area contributed by atoms with Gasteiger partial charge < -0.3 is 9.84 Å². The van der Waals surface area contributed by atoms with E-state index < -0.39 is 6.09 Å². The van der Waals surface area contributed by atoms with Crippen LogP contribution in [0.5, 0.6) is 0 Å². The van der Waals surface area contributed by atoms with Crippen molar-refractivity contribution in [2.75, 3.05) is 26.3 Å². The van der Waals surface area contributed by atoms with Gasteiger partial charge in [-0.2, -0.15) is 0 Å². The van der Waals surface area contributed by atoms with E-state index in [9.17, 15) is 14.7 Å². The topological polar surface area (TPSA) is 78.9 Å². The zero-order valence-electron chi connectivity index (χ0n) is 10.9. The molecule has 0 aliphatic carbocycles. The van der Waals surface area contributed by atoms with Gasteiger partial charge in [-0.15, -0.1) is 0 Å². The summed E-state index contributed by atoms with van der Waals surface area (Å²) in [5, 5.41) is 11.5. The molecule has 1 aliphatic rings. The predicted molar refractivity (Wildman–Crippen MR) is 66.1 cm³/mol. The van der Waals surface area contributed by atoms with Crippen molar-refractivity contribution < 1.29 is 19.4 Å². The lowest BCUT2D eigenvalue weighted by Crippen LogP contribution is -2.45. The third-order valence-corrected chi connectivity index (χ3v) is 3.07. The molecular formula is C12H22N2O4. The van der Waals surface area contributed by atoms with Gasteiger partial charge in [0.05, 0.1) is 19.8 Å². The number of alkyl carbamates (subject to hydrolysis) is 1. The van der Waals surface area contributed by atoms with Crippen LogP contribution < -0.4 is 5.32 Å². The van der Waals surface area contributed by atoms with Crippen LogP contribution in [0.15, 0.2) is 0 Å². The molecule has 0 spiro atoms. The minimum Gasteiger partial charge on any atom is -0.450 e. The Bertz CT molecular complexity index is 283. The molecule has 0 aromatic rings. The maximum Gasteiger partial charge on any atom is 0.413 e. The quantitative estimate of drug-likeness (QED) is 0.767. The Morgan fingerprint density at radius 3 is 2.83 bits per heavy atom. The van der Waals surface area contributed by atoms with Crippen molar-refractivity contribution in [1.29, 1.82) is 0 Å². The van der Waals surface area contributed by atoms with Gasteiger partial charge in [-0.25, -0.2) is 4.79 Å². The molecule has 6 heteroatoms. The van der Waals surface area contributed by atoms with Gasteiger partial charge in [0.15, 0.2) is 0 Å². The summed E-state index contributed by atoms with van der Waals surface area (Å²) in [6.45, 7) is 2.88. The Hall–Kier alpha value is -1.14. The highest BCUT2D eigenvalue weighted by Crippen LogP contribution is 2.15. The number of rotatable bonds is 4. The number of carbonyl (C=O) groups excluding carboxylic acids is 2. The molecule has 1 fully saturated rings. The van der Waals surface area contributed by atoms with E-state index in [4.69, 9.17) is 0 Å². The molecule has 1 atom stereocenters. The molecule has 1 heterocycles. The molecule has 0 saturated carbocycles. The number of hydrogen-bond acceptors (Lipinski definition) is 5. The first-order valence-corrected chi connectivity index (χ1v) is 6.49. The fraction of sp³-hybridized carbons (Fsp3) is 0.833. The SMILES string of the molecule is CCOC(=O)NC(=O)CN1CCCCCC1CO. The van der Waals surface area contributed by atoms with Crippen LogP contribution in [-0.4, -0.2) is 54.4 Å². The maximum absolute atomic E-state index is 11.6. The van der Waals surface area contributed by atoms with Gasteiger partial charge in [0.25, 0.3) is 0 Å². The molecule has 2 amide bonds. The molecule has 0 radical (unpaired) electrons. The van der Waals surface area contributed by atoms with Crippen molar-refractivity contribution in [1.82, 2.24) is 10.2 Å². The van der Waals surface area contributed by atoms with Crippen LogP contribution in [0.1, 0.15) is 32.6 Å². The lowest BCUT2D eigenvalue weighted by atomic mass is 10.1. The van der Waals surface area contributed by atoms with Gasteiger partial charge >= 0.3 is 6.09 Å². The van der Waals surface area contributed by atoms with Gasteiger partial charge in [0, 0.05) is 6.04 Å². The highest BCUT2D eigenvalue weighted by atomic mass is 16.5. The van der Waals surface area contributed by atoms with E-state index in [1.807, 2.05) is 4.90 Å². The zero-order valence-corrected chi connectivity index (χ0v) is 10.9. The van der Waals surface area contributed by atoms with E-state index in [0.29, 0.717) is 0 Å². The Kier molecular flexibility index (Phi) is 6.67. The van der Waals surface area contributed by atoms with E-state index in [-0.39, 0.29) is 31.7 Å². The summed E-state index contributed by atoms with van der Waals surface area (Å²) >= 11 is 0. The molecule has 1 aliphatic heterocycles. The van der Waals surface area contributed by atoms with Crippen molar-refractivity contribution >= 4 is 12.0 Å². The Morgan fingerprint density at radius 2 is 2.17 bits per heavy atom. The highest BCUT2D eigenvalue weighted by molar-refractivity contribution is 5.92. The fourth-order valence-corrected chi connectivity index (χ4v) is 2.16. The van der Waals surface area contributed by atoms with E-state index in [1.54, 1.807) is 6.92 Å². The molecule has 2 N–H and O–H groups in total. The number of aliphatic hydroxyl groups excluding tert-OH is 1. The number of likely N-dealkylation sites (tertiary alicyclic amines) is 1. The van der Waals surface area contributed by atoms with Crippen molar-refractivity contribution in [3.8, 4) is 0 Å². The lowest BCUT2D eigenvalue weighted by Gasteiger charge is -2.27. The van der Waals surface area contributed by atoms with Crippen molar-refractivity contribution in [3.63, 3.8) is 0 Å². The average molecular weight is 258 g/mol. The molecule has 1 rings (SSSR count). The molecule has 104 valence electrons. The monoisotopic (exact) mass is 258 g/mol. The van der Waals surface area contributed by atoms with Crippen LogP contribution in [0.4, 0.5) is 4.79 Å². The second-order valence-electron chi connectivity index (χ2n) is 4.42. The van der Waals surface area contributed by atoms with Gasteiger partial charge in [-0.1, -0.05) is 12.8 Å². The van der Waals surface area contributed by atoms with Crippen molar-refractivity contribution in [2.45, 2.75) is 38.6 Å². The van der Waals surface area contributed by atoms with Crippen LogP contribution in [0.25, 0.3) is 0 Å². The summed E-state index contributed by atoms with van der Waals surface area (Å²) in [5.74, 6) is -0.381. The molecule has 0 bridgehead atoms. The van der Waals surface area contributed by atoms with E-state index in [1.165, 1.54) is 0 Å². The normalized spacial score (nSPS) is 21.1. The number of nitrogens with one attached hydrogen (secondary N) is 1. The zero-order chi connectivity index (χ0) is 13.4. The molecule has 6 nitrogen and oxygen atoms in total. The largest absolute Gasteiger partial charge is 0.450 e. The third-order valence-electron chi connectivity index (χ3n) is 3.07. The minimum atomic E-state index is -0.710. The van der Waals surface area contributed by atoms with E-state index >= 15 is 0 Å². The van der Waals surface area contributed by atoms with Gasteiger partial charge in [-0.05, 0) is 26.3 Å². The summed E-state index contributed by atoms with van der Waals surface area (Å²) in [6, 6.07) is 0.0143. The maximum atomic E-state index is 11.6. The second kappa shape index (κ2) is 8.05. The van der Waals surface area contributed by atoms with E-state index in [0.717, 1.165) is 32.2 Å². The number of carbonyl (C=O) groups is 2. The molecular weight excluding hydrogens is 236 g/mol. The molecule has 0 aromatic carbocycles. The standard InChI is InChI=1S/C12H22N2O4/c1-2-18-12(17)13-11(16)8-14-7-5-3-4-6-10(14)9-15/h10,15H,2-9H2,1H3,(H,13,16,17). The number of amides is 2. The first-order valence-electron chi connectivity index (χ1n) is 6.49. The first-order chi connectivity index (χ1) is 8.67. The average Bonchev–Trinajstić information content (AvgIpc) is 2.54. The minimum absolute atomic E-state index is 0.0143. The Morgan fingerprint density at radius 1 is 1.39 bits per heavy atom. The van der Waals surface area contributed by atoms with Gasteiger partial charge in [0.2, 0.25) is 5.91 Å². The number of hydrogen-bond donors (Lipinski definition) is 2. The van der Waals surface area contributed by atoms with Crippen LogP contribution in [0, 0.1) is 0 Å². The van der Waals surface area contributed by atoms with Crippen LogP contribution in [0.2, 0.25) is 0 Å². The van der Waals surface area contributed by atoms with Crippen molar-refractivity contribution in [2.24, 2.45) is 0 Å². The highest BCUT2D eigenvalue weighted by Gasteiger charge is 2.23. The molecule has 18 heavy (non-hydrogen) atoms. The molecule has 1 saturated heterocycles. The third kappa shape index (κ3) is 5.01. The van der Waals surface area contributed by atoms with Crippen LogP contribution in [-0.2, 0) is 9.53 Å². The summed E-state index contributed by atoms with van der Waals surface area (Å²) in [5.41, 5.74) is 0. The second-order valence-corrected chi connectivity index (χ2v) is 4.42. The first kappa shape index (κ1) is 14.9. The van der Waals surface area contributed by atoms with Gasteiger partial charge in [-0.3, -0.25) is 15.0 Å². The van der Waals surface area contributed by atoms with Crippen LogP contribution >= 0.6 is 0 Å². The van der Waals surface area contributed by atoms with Crippen LogP contribution in [0.3, 0.4) is 0 Å². The number of nitrogens with zero attached hydrogens (tertiary/aromatic N) is 1. The summed E-state index contributed by atoms with van der Waals surface area (Å²) < 4.78 is 4.64. The summed E-state index contributed by atoms with van der Waals surface area (Å²) in [7, 11) is 0. The lowest BCUT2D eigenvalue weighted by molar-refractivity contribution is -0.122. The fourth-order valence-electron chi connectivity index (χ4n) is 2.16. The van der Waals surface area contributed by atoms with Gasteiger partial charge in [0.1, 0.15) is 0 Å². The number of ether oxygens (including phenoxy) is 1. The van der Waals surface area contributed by atoms with Crippen molar-refractivity contribution in [3.05, 3.63) is 0 Å². The Balaban J connectivity index is 2.42. The summed E-state index contributed by atoms with van der Waals surface area (Å²) in [6.07, 6.45) is 3.39.